The second-order valence-electron chi connectivity index (χ2n) is 7.92. The molecule has 1 aromatic rings. The maximum Gasteiger partial charge on any atom is 0.410 e. The largest absolute Gasteiger partial charge is 0.444 e. The minimum absolute atomic E-state index is 0.199. The maximum absolute atomic E-state index is 12.2. The predicted molar refractivity (Wildman–Crippen MR) is 88.0 cm³/mol. The quantitative estimate of drug-likeness (QED) is 0.734. The molecule has 1 aliphatic carbocycles. The summed E-state index contributed by atoms with van der Waals surface area (Å²) in [4.78, 5) is 14.0. The van der Waals surface area contributed by atoms with Crippen LogP contribution in [0.5, 0.6) is 0 Å². The van der Waals surface area contributed by atoms with Gasteiger partial charge < -0.3 is 9.64 Å². The number of rotatable bonds is 0. The highest BCUT2D eigenvalue weighted by atomic mass is 16.6. The number of hydrogen-bond acceptors (Lipinski definition) is 3. The van der Waals surface area contributed by atoms with Crippen molar-refractivity contribution >= 4 is 6.09 Å². The number of nitriles is 1. The Morgan fingerprint density at radius 1 is 1.22 bits per heavy atom. The fourth-order valence-corrected chi connectivity index (χ4v) is 3.75. The van der Waals surface area contributed by atoms with Crippen molar-refractivity contribution in [2.24, 2.45) is 5.41 Å². The minimum atomic E-state index is -0.441. The second-order valence-corrected chi connectivity index (χ2v) is 7.92. The molecule has 0 aromatic heterocycles. The van der Waals surface area contributed by atoms with Crippen molar-refractivity contribution in [2.45, 2.75) is 52.1 Å². The van der Waals surface area contributed by atoms with Crippen molar-refractivity contribution in [1.82, 2.24) is 4.90 Å². The Balaban J connectivity index is 1.64. The lowest BCUT2D eigenvalue weighted by atomic mass is 9.76. The van der Waals surface area contributed by atoms with Crippen molar-refractivity contribution in [1.29, 1.82) is 5.26 Å². The van der Waals surface area contributed by atoms with E-state index in [2.05, 4.69) is 12.1 Å². The number of benzene rings is 1. The molecule has 122 valence electrons. The van der Waals surface area contributed by atoms with Gasteiger partial charge in [0.1, 0.15) is 5.60 Å². The van der Waals surface area contributed by atoms with Crippen LogP contribution in [0.4, 0.5) is 4.79 Å². The first-order valence-electron chi connectivity index (χ1n) is 8.30. The van der Waals surface area contributed by atoms with Gasteiger partial charge in [0.15, 0.2) is 0 Å². The molecule has 1 aromatic carbocycles. The standard InChI is InChI=1S/C19H24N2O2/c1-18(2,3)23-17(22)21-8-6-19(7-9-21)11-15-5-4-14(13-20)10-16(15)12-19/h4-5,10H,6-9,11-12H2,1-3H3. The molecule has 1 fully saturated rings. The van der Waals surface area contributed by atoms with Crippen LogP contribution in [0, 0.1) is 16.7 Å². The van der Waals surface area contributed by atoms with Crippen LogP contribution in [0.1, 0.15) is 50.3 Å². The van der Waals surface area contributed by atoms with E-state index in [1.807, 2.05) is 37.8 Å². The molecule has 3 rings (SSSR count). The summed E-state index contributed by atoms with van der Waals surface area (Å²) in [5, 5.41) is 9.05. The smallest absolute Gasteiger partial charge is 0.410 e. The first-order chi connectivity index (χ1) is 10.8. The van der Waals surface area contributed by atoms with Gasteiger partial charge in [0.05, 0.1) is 11.6 Å². The van der Waals surface area contributed by atoms with Crippen LogP contribution in [-0.4, -0.2) is 29.7 Å². The van der Waals surface area contributed by atoms with E-state index in [1.165, 1.54) is 11.1 Å². The normalized spacial score (nSPS) is 19.3. The molecule has 2 aliphatic rings. The van der Waals surface area contributed by atoms with Gasteiger partial charge in [-0.25, -0.2) is 4.79 Å². The Hall–Kier alpha value is -2.02. The second kappa shape index (κ2) is 5.56. The fraction of sp³-hybridized carbons (Fsp3) is 0.579. The van der Waals surface area contributed by atoms with Crippen molar-refractivity contribution in [3.8, 4) is 6.07 Å². The highest BCUT2D eigenvalue weighted by Crippen LogP contribution is 2.44. The van der Waals surface area contributed by atoms with E-state index in [4.69, 9.17) is 10.00 Å². The number of ether oxygens (including phenoxy) is 1. The molecule has 1 saturated heterocycles. The van der Waals surface area contributed by atoms with Crippen molar-refractivity contribution < 1.29 is 9.53 Å². The lowest BCUT2D eigenvalue weighted by Crippen LogP contribution is -2.45. The van der Waals surface area contributed by atoms with Gasteiger partial charge in [-0.15, -0.1) is 0 Å². The Bertz CT molecular complexity index is 659. The maximum atomic E-state index is 12.2. The number of amides is 1. The molecule has 0 saturated carbocycles. The van der Waals surface area contributed by atoms with Crippen LogP contribution in [0.3, 0.4) is 0 Å². The van der Waals surface area contributed by atoms with E-state index in [0.717, 1.165) is 44.3 Å². The Kier molecular flexibility index (Phi) is 3.83. The SMILES string of the molecule is CC(C)(C)OC(=O)N1CCC2(CC1)Cc1ccc(C#N)cc1C2. The number of hydrogen-bond donors (Lipinski definition) is 0. The number of likely N-dealkylation sites (tertiary alicyclic amines) is 1. The van der Waals surface area contributed by atoms with Gasteiger partial charge in [0.25, 0.3) is 0 Å². The van der Waals surface area contributed by atoms with Gasteiger partial charge in [0.2, 0.25) is 0 Å². The summed E-state index contributed by atoms with van der Waals surface area (Å²) >= 11 is 0. The summed E-state index contributed by atoms with van der Waals surface area (Å²) in [7, 11) is 0. The zero-order valence-corrected chi connectivity index (χ0v) is 14.2. The van der Waals surface area contributed by atoms with Gasteiger partial charge in [-0.1, -0.05) is 6.07 Å². The molecule has 1 amide bonds. The van der Waals surface area contributed by atoms with Crippen LogP contribution in [0.15, 0.2) is 18.2 Å². The van der Waals surface area contributed by atoms with Crippen LogP contribution >= 0.6 is 0 Å². The highest BCUT2D eigenvalue weighted by molar-refractivity contribution is 5.68. The number of fused-ring (bicyclic) bond motifs is 1. The number of carbonyl (C=O) groups excluding carboxylic acids is 1. The zero-order chi connectivity index (χ0) is 16.7. The van der Waals surface area contributed by atoms with E-state index < -0.39 is 5.60 Å². The van der Waals surface area contributed by atoms with E-state index in [0.29, 0.717) is 0 Å². The van der Waals surface area contributed by atoms with E-state index >= 15 is 0 Å². The van der Waals surface area contributed by atoms with E-state index in [1.54, 1.807) is 0 Å². The van der Waals surface area contributed by atoms with Gasteiger partial charge in [-0.3, -0.25) is 0 Å². The Morgan fingerprint density at radius 3 is 2.48 bits per heavy atom. The van der Waals surface area contributed by atoms with Gasteiger partial charge in [-0.2, -0.15) is 5.26 Å². The van der Waals surface area contributed by atoms with E-state index in [-0.39, 0.29) is 11.5 Å². The summed E-state index contributed by atoms with van der Waals surface area (Å²) in [6.45, 7) is 7.21. The highest BCUT2D eigenvalue weighted by Gasteiger charge is 2.41. The number of carbonyl (C=O) groups is 1. The average molecular weight is 312 g/mol. The summed E-state index contributed by atoms with van der Waals surface area (Å²) < 4.78 is 5.47. The summed E-state index contributed by atoms with van der Waals surface area (Å²) in [5.74, 6) is 0. The summed E-state index contributed by atoms with van der Waals surface area (Å²) in [6.07, 6.45) is 3.90. The molecule has 1 spiro atoms. The van der Waals surface area contributed by atoms with Crippen LogP contribution < -0.4 is 0 Å². The third-order valence-electron chi connectivity index (χ3n) is 4.94. The molecule has 0 radical (unpaired) electrons. The molecule has 1 aliphatic heterocycles. The zero-order valence-electron chi connectivity index (χ0n) is 14.2. The molecule has 0 bridgehead atoms. The molecule has 0 atom stereocenters. The first kappa shape index (κ1) is 15.9. The molecule has 4 heteroatoms. The Morgan fingerprint density at radius 2 is 1.87 bits per heavy atom. The Labute approximate surface area is 138 Å². The molecular formula is C19H24N2O2. The number of piperidine rings is 1. The number of nitrogens with zero attached hydrogens (tertiary/aromatic N) is 2. The van der Waals surface area contributed by atoms with Crippen molar-refractivity contribution in [2.75, 3.05) is 13.1 Å². The minimum Gasteiger partial charge on any atom is -0.444 e. The van der Waals surface area contributed by atoms with Crippen LogP contribution in [0.25, 0.3) is 0 Å². The third-order valence-corrected chi connectivity index (χ3v) is 4.94. The summed E-state index contributed by atoms with van der Waals surface area (Å²) in [5.41, 5.74) is 3.25. The van der Waals surface area contributed by atoms with Gasteiger partial charge in [-0.05, 0) is 75.1 Å². The van der Waals surface area contributed by atoms with Gasteiger partial charge >= 0.3 is 6.09 Å². The average Bonchev–Trinajstić information content (AvgIpc) is 2.82. The molecular weight excluding hydrogens is 288 g/mol. The van der Waals surface area contributed by atoms with Gasteiger partial charge in [0, 0.05) is 13.1 Å². The third kappa shape index (κ3) is 3.34. The van der Waals surface area contributed by atoms with Crippen molar-refractivity contribution in [3.05, 3.63) is 34.9 Å². The van der Waals surface area contributed by atoms with Crippen LogP contribution in [0.2, 0.25) is 0 Å². The molecule has 23 heavy (non-hydrogen) atoms. The molecule has 1 heterocycles. The van der Waals surface area contributed by atoms with Crippen LogP contribution in [-0.2, 0) is 17.6 Å². The topological polar surface area (TPSA) is 53.3 Å². The first-order valence-corrected chi connectivity index (χ1v) is 8.30. The van der Waals surface area contributed by atoms with E-state index in [9.17, 15) is 4.79 Å². The molecule has 0 unspecified atom stereocenters. The lowest BCUT2D eigenvalue weighted by Gasteiger charge is -2.39. The van der Waals surface area contributed by atoms with Crippen molar-refractivity contribution in [3.63, 3.8) is 0 Å². The molecule has 0 N–H and O–H groups in total. The molecule has 4 nitrogen and oxygen atoms in total. The monoisotopic (exact) mass is 312 g/mol. The predicted octanol–water partition coefficient (Wildman–Crippen LogP) is 3.67. The summed E-state index contributed by atoms with van der Waals surface area (Å²) in [6, 6.07) is 8.26. The fourth-order valence-electron chi connectivity index (χ4n) is 3.75. The lowest BCUT2D eigenvalue weighted by molar-refractivity contribution is 0.0111.